The van der Waals surface area contributed by atoms with Crippen molar-refractivity contribution >= 4 is 43.4 Å². The van der Waals surface area contributed by atoms with E-state index in [9.17, 15) is 0 Å². The number of aromatic nitrogens is 1. The van der Waals surface area contributed by atoms with Gasteiger partial charge in [-0.15, -0.1) is 0 Å². The van der Waals surface area contributed by atoms with Crippen LogP contribution >= 0.6 is 0 Å². The molecule has 11 aromatic carbocycles. The van der Waals surface area contributed by atoms with Crippen LogP contribution in [0.5, 0.6) is 0 Å². The molecule has 1 heterocycles. The summed E-state index contributed by atoms with van der Waals surface area (Å²) in [7, 11) is 0. The standard InChI is InChI=1S/C62H41N/c1-4-18-42(19-5-1)49-24-10-12-26-51(49)46-34-38-59-57(40-46)58-41-47(52-27-13-11-25-50(52)43-20-6-2-7-21-43)35-39-60(58)63(59)48-36-32-45(33-37-48)62-55-30-16-14-28-53(55)61(44-22-8-3-9-23-44)54-29-15-17-31-56(54)62/h1-41H. The third-order valence-electron chi connectivity index (χ3n) is 12.8. The fourth-order valence-electron chi connectivity index (χ4n) is 9.98. The van der Waals surface area contributed by atoms with E-state index in [1.807, 2.05) is 0 Å². The van der Waals surface area contributed by atoms with Gasteiger partial charge in [0.05, 0.1) is 11.0 Å². The Morgan fingerprint density at radius 3 is 0.905 bits per heavy atom. The van der Waals surface area contributed by atoms with Gasteiger partial charge in [-0.05, 0) is 125 Å². The van der Waals surface area contributed by atoms with Crippen LogP contribution < -0.4 is 0 Å². The van der Waals surface area contributed by atoms with E-state index in [0.29, 0.717) is 0 Å². The molecule has 0 bridgehead atoms. The molecule has 0 saturated carbocycles. The molecule has 0 atom stereocenters. The molecule has 0 aliphatic heterocycles. The van der Waals surface area contributed by atoms with E-state index in [-0.39, 0.29) is 0 Å². The zero-order valence-corrected chi connectivity index (χ0v) is 34.6. The smallest absolute Gasteiger partial charge is 0.0541 e. The Balaban J connectivity index is 1.06. The third kappa shape index (κ3) is 6.25. The van der Waals surface area contributed by atoms with Crippen molar-refractivity contribution in [3.8, 4) is 72.4 Å². The number of rotatable bonds is 7. The fourth-order valence-corrected chi connectivity index (χ4v) is 9.98. The van der Waals surface area contributed by atoms with Crippen molar-refractivity contribution in [3.63, 3.8) is 0 Å². The van der Waals surface area contributed by atoms with Crippen LogP contribution in [0.1, 0.15) is 0 Å². The van der Waals surface area contributed by atoms with Crippen molar-refractivity contribution in [3.05, 3.63) is 249 Å². The average Bonchev–Trinajstić information content (AvgIpc) is 3.69. The van der Waals surface area contributed by atoms with Crippen LogP contribution in [0, 0.1) is 0 Å². The summed E-state index contributed by atoms with van der Waals surface area (Å²) in [6.45, 7) is 0. The lowest BCUT2D eigenvalue weighted by Crippen LogP contribution is -1.95. The van der Waals surface area contributed by atoms with E-state index in [0.717, 1.165) is 5.69 Å². The number of nitrogens with zero attached hydrogens (tertiary/aromatic N) is 1. The molecule has 1 heteroatoms. The summed E-state index contributed by atoms with van der Waals surface area (Å²) in [6, 6.07) is 90.9. The quantitative estimate of drug-likeness (QED) is 0.142. The molecule has 0 spiro atoms. The molecule has 0 unspecified atom stereocenters. The van der Waals surface area contributed by atoms with Crippen LogP contribution in [0.15, 0.2) is 249 Å². The van der Waals surface area contributed by atoms with Crippen molar-refractivity contribution in [2.75, 3.05) is 0 Å². The van der Waals surface area contributed by atoms with Crippen molar-refractivity contribution in [2.24, 2.45) is 0 Å². The topological polar surface area (TPSA) is 4.93 Å². The average molecular weight is 800 g/mol. The first-order valence-corrected chi connectivity index (χ1v) is 21.8. The first-order valence-electron chi connectivity index (χ1n) is 21.8. The molecule has 0 radical (unpaired) electrons. The van der Waals surface area contributed by atoms with Gasteiger partial charge in [-0.3, -0.25) is 0 Å². The van der Waals surface area contributed by atoms with Crippen LogP contribution in [0.25, 0.3) is 116 Å². The number of hydrogen-bond acceptors (Lipinski definition) is 0. The Hall–Kier alpha value is -8.26. The summed E-state index contributed by atoms with van der Waals surface area (Å²) in [5.41, 5.74) is 18.2. The van der Waals surface area contributed by atoms with Gasteiger partial charge < -0.3 is 4.57 Å². The van der Waals surface area contributed by atoms with Crippen LogP contribution in [-0.2, 0) is 0 Å². The summed E-state index contributed by atoms with van der Waals surface area (Å²) >= 11 is 0. The fraction of sp³-hybridized carbons (Fsp3) is 0. The molecule has 63 heavy (non-hydrogen) atoms. The lowest BCUT2D eigenvalue weighted by atomic mass is 9.86. The van der Waals surface area contributed by atoms with Gasteiger partial charge in [-0.2, -0.15) is 0 Å². The van der Waals surface area contributed by atoms with Crippen molar-refractivity contribution in [2.45, 2.75) is 0 Å². The molecular formula is C62H41N. The van der Waals surface area contributed by atoms with Gasteiger partial charge in [-0.25, -0.2) is 0 Å². The molecule has 0 saturated heterocycles. The highest BCUT2D eigenvalue weighted by Crippen LogP contribution is 2.45. The zero-order valence-electron chi connectivity index (χ0n) is 34.6. The Labute approximate surface area is 367 Å². The van der Waals surface area contributed by atoms with Gasteiger partial charge in [0, 0.05) is 16.5 Å². The van der Waals surface area contributed by atoms with Crippen molar-refractivity contribution in [1.82, 2.24) is 4.57 Å². The van der Waals surface area contributed by atoms with Gasteiger partial charge in [0.1, 0.15) is 0 Å². The Bertz CT molecular complexity index is 3440. The predicted molar refractivity (Wildman–Crippen MR) is 268 cm³/mol. The van der Waals surface area contributed by atoms with Crippen molar-refractivity contribution < 1.29 is 0 Å². The van der Waals surface area contributed by atoms with E-state index >= 15 is 0 Å². The predicted octanol–water partition coefficient (Wildman–Crippen LogP) is 17.1. The van der Waals surface area contributed by atoms with E-state index in [1.165, 1.54) is 110 Å². The first-order chi connectivity index (χ1) is 31.3. The van der Waals surface area contributed by atoms with Gasteiger partial charge >= 0.3 is 0 Å². The highest BCUT2D eigenvalue weighted by molar-refractivity contribution is 6.21. The maximum absolute atomic E-state index is 2.45. The molecule has 0 fully saturated rings. The molecule has 12 aromatic rings. The molecule has 1 nitrogen and oxygen atoms in total. The largest absolute Gasteiger partial charge is 0.309 e. The summed E-state index contributed by atoms with van der Waals surface area (Å²) in [5.74, 6) is 0. The molecule has 0 amide bonds. The minimum atomic E-state index is 1.13. The van der Waals surface area contributed by atoms with Crippen LogP contribution in [-0.4, -0.2) is 4.57 Å². The van der Waals surface area contributed by atoms with E-state index < -0.39 is 0 Å². The molecule has 1 aromatic heterocycles. The molecule has 0 aliphatic rings. The van der Waals surface area contributed by atoms with Gasteiger partial charge in [0.2, 0.25) is 0 Å². The van der Waals surface area contributed by atoms with Crippen LogP contribution in [0.4, 0.5) is 0 Å². The lowest BCUT2D eigenvalue weighted by molar-refractivity contribution is 1.18. The maximum Gasteiger partial charge on any atom is 0.0541 e. The summed E-state index contributed by atoms with van der Waals surface area (Å²) < 4.78 is 2.45. The van der Waals surface area contributed by atoms with Gasteiger partial charge in [-0.1, -0.05) is 212 Å². The Kier molecular flexibility index (Phi) is 8.90. The monoisotopic (exact) mass is 799 g/mol. The normalized spacial score (nSPS) is 11.5. The van der Waals surface area contributed by atoms with Crippen LogP contribution in [0.2, 0.25) is 0 Å². The van der Waals surface area contributed by atoms with Gasteiger partial charge in [0.15, 0.2) is 0 Å². The lowest BCUT2D eigenvalue weighted by Gasteiger charge is -2.18. The molecule has 0 N–H and O–H groups in total. The maximum atomic E-state index is 2.45. The highest BCUT2D eigenvalue weighted by Gasteiger charge is 2.19. The third-order valence-corrected chi connectivity index (χ3v) is 12.8. The second-order valence-electron chi connectivity index (χ2n) is 16.4. The number of benzene rings is 11. The molecular weight excluding hydrogens is 759 g/mol. The Morgan fingerprint density at radius 1 is 0.206 bits per heavy atom. The Morgan fingerprint density at radius 2 is 0.508 bits per heavy atom. The zero-order chi connectivity index (χ0) is 41.7. The van der Waals surface area contributed by atoms with Crippen LogP contribution in [0.3, 0.4) is 0 Å². The summed E-state index contributed by atoms with van der Waals surface area (Å²) in [6.07, 6.45) is 0. The number of hydrogen-bond donors (Lipinski definition) is 0. The molecule has 294 valence electrons. The van der Waals surface area contributed by atoms with E-state index in [2.05, 4.69) is 253 Å². The summed E-state index contributed by atoms with van der Waals surface area (Å²) in [4.78, 5) is 0. The first kappa shape index (κ1) is 36.6. The van der Waals surface area contributed by atoms with Crippen molar-refractivity contribution in [1.29, 1.82) is 0 Å². The number of fused-ring (bicyclic) bond motifs is 5. The van der Waals surface area contributed by atoms with E-state index in [4.69, 9.17) is 0 Å². The SMILES string of the molecule is c1ccc(-c2ccccc2-c2ccc3c(c2)c2cc(-c4ccccc4-c4ccccc4)ccc2n3-c2ccc(-c3c4ccccc4c(-c4ccccc4)c4ccccc34)cc2)cc1. The second-order valence-corrected chi connectivity index (χ2v) is 16.4. The summed E-state index contributed by atoms with van der Waals surface area (Å²) in [5, 5.41) is 7.48. The molecule has 12 rings (SSSR count). The molecule has 0 aliphatic carbocycles. The van der Waals surface area contributed by atoms with Gasteiger partial charge in [0.25, 0.3) is 0 Å². The minimum absolute atomic E-state index is 1.13. The highest BCUT2D eigenvalue weighted by atomic mass is 15.0. The minimum Gasteiger partial charge on any atom is -0.309 e. The van der Waals surface area contributed by atoms with E-state index in [1.54, 1.807) is 0 Å². The second kappa shape index (κ2) is 15.3.